The predicted octanol–water partition coefficient (Wildman–Crippen LogP) is 2.87. The predicted molar refractivity (Wildman–Crippen MR) is 84.6 cm³/mol. The second kappa shape index (κ2) is 6.58. The molecule has 0 radical (unpaired) electrons. The highest BCUT2D eigenvalue weighted by Crippen LogP contribution is 2.33. The van der Waals surface area contributed by atoms with Gasteiger partial charge in [-0.1, -0.05) is 13.3 Å². The molecule has 0 saturated carbocycles. The van der Waals surface area contributed by atoms with E-state index in [2.05, 4.69) is 33.5 Å². The maximum Gasteiger partial charge on any atom is 0.336 e. The molecule has 0 aliphatic carbocycles. The first-order valence-corrected chi connectivity index (χ1v) is 7.83. The molecule has 1 unspecified atom stereocenters. The minimum Gasteiger partial charge on any atom is -0.478 e. The number of hydrogen-bond donors (Lipinski definition) is 3. The highest BCUT2D eigenvalue weighted by atomic mass is 79.9. The van der Waals surface area contributed by atoms with Gasteiger partial charge in [0.1, 0.15) is 0 Å². The van der Waals surface area contributed by atoms with Crippen molar-refractivity contribution in [2.24, 2.45) is 5.41 Å². The summed E-state index contributed by atoms with van der Waals surface area (Å²) in [6.07, 6.45) is 2.58. The van der Waals surface area contributed by atoms with Crippen molar-refractivity contribution in [3.63, 3.8) is 0 Å². The summed E-state index contributed by atoms with van der Waals surface area (Å²) in [6, 6.07) is 4.82. The molecule has 0 bridgehead atoms. The maximum atomic E-state index is 12.6. The Kier molecular flexibility index (Phi) is 5.00. The lowest BCUT2D eigenvalue weighted by molar-refractivity contribution is -0.125. The fourth-order valence-electron chi connectivity index (χ4n) is 2.77. The van der Waals surface area contributed by atoms with Crippen molar-refractivity contribution in [3.05, 3.63) is 28.2 Å². The van der Waals surface area contributed by atoms with Crippen molar-refractivity contribution in [1.82, 2.24) is 5.32 Å². The summed E-state index contributed by atoms with van der Waals surface area (Å²) < 4.78 is 0.499. The average Bonchev–Trinajstić information content (AvgIpc) is 2.91. The second-order valence-electron chi connectivity index (χ2n) is 5.41. The van der Waals surface area contributed by atoms with Gasteiger partial charge in [-0.3, -0.25) is 4.79 Å². The molecule has 0 aromatic heterocycles. The zero-order valence-corrected chi connectivity index (χ0v) is 13.5. The number of aromatic carboxylic acids is 1. The van der Waals surface area contributed by atoms with Crippen LogP contribution in [0.15, 0.2) is 22.7 Å². The van der Waals surface area contributed by atoms with Crippen LogP contribution in [0.25, 0.3) is 0 Å². The zero-order valence-electron chi connectivity index (χ0n) is 11.9. The number of nitrogens with one attached hydrogen (secondary N) is 2. The molecule has 114 valence electrons. The summed E-state index contributed by atoms with van der Waals surface area (Å²) in [5, 5.41) is 15.2. The number of halogens is 1. The number of carbonyl (C=O) groups excluding carboxylic acids is 1. The summed E-state index contributed by atoms with van der Waals surface area (Å²) in [5.41, 5.74) is 0.274. The van der Waals surface area contributed by atoms with Gasteiger partial charge < -0.3 is 15.7 Å². The van der Waals surface area contributed by atoms with Crippen molar-refractivity contribution in [3.8, 4) is 0 Å². The summed E-state index contributed by atoms with van der Waals surface area (Å²) in [4.78, 5) is 23.7. The van der Waals surface area contributed by atoms with Crippen LogP contribution in [0.1, 0.15) is 36.5 Å². The number of benzene rings is 1. The fraction of sp³-hybridized carbons (Fsp3) is 0.467. The molecule has 1 aromatic rings. The molecular formula is C15H19BrN2O3. The Morgan fingerprint density at radius 1 is 1.48 bits per heavy atom. The highest BCUT2D eigenvalue weighted by Gasteiger charge is 2.40. The first kappa shape index (κ1) is 16.0. The quantitative estimate of drug-likeness (QED) is 0.759. The van der Waals surface area contributed by atoms with Crippen molar-refractivity contribution < 1.29 is 14.7 Å². The van der Waals surface area contributed by atoms with Gasteiger partial charge in [0.05, 0.1) is 11.0 Å². The molecule has 1 atom stereocenters. The van der Waals surface area contributed by atoms with E-state index < -0.39 is 5.97 Å². The Hall–Kier alpha value is -1.40. The van der Waals surface area contributed by atoms with Gasteiger partial charge in [-0.25, -0.2) is 4.79 Å². The van der Waals surface area contributed by atoms with E-state index in [1.165, 1.54) is 6.07 Å². The van der Waals surface area contributed by atoms with E-state index in [-0.39, 0.29) is 16.9 Å². The summed E-state index contributed by atoms with van der Waals surface area (Å²) in [6.45, 7) is 3.58. The average molecular weight is 355 g/mol. The van der Waals surface area contributed by atoms with Crippen LogP contribution in [0.3, 0.4) is 0 Å². The van der Waals surface area contributed by atoms with E-state index in [0.29, 0.717) is 16.7 Å². The molecule has 1 fully saturated rings. The molecule has 21 heavy (non-hydrogen) atoms. The van der Waals surface area contributed by atoms with Gasteiger partial charge in [0.2, 0.25) is 5.91 Å². The maximum absolute atomic E-state index is 12.6. The second-order valence-corrected chi connectivity index (χ2v) is 6.27. The van der Waals surface area contributed by atoms with Gasteiger partial charge in [-0.05, 0) is 53.5 Å². The molecule has 1 saturated heterocycles. The Morgan fingerprint density at radius 2 is 2.24 bits per heavy atom. The number of carboxylic acid groups (broad SMARTS) is 1. The molecule has 2 rings (SSSR count). The SMILES string of the molecule is CCCC1(C(=O)Nc2ccc(Br)c(C(=O)O)c2)CCNC1. The fourth-order valence-corrected chi connectivity index (χ4v) is 3.19. The number of carbonyl (C=O) groups is 2. The lowest BCUT2D eigenvalue weighted by Gasteiger charge is -2.26. The van der Waals surface area contributed by atoms with E-state index in [1.54, 1.807) is 12.1 Å². The van der Waals surface area contributed by atoms with Gasteiger partial charge in [-0.15, -0.1) is 0 Å². The Morgan fingerprint density at radius 3 is 2.81 bits per heavy atom. The van der Waals surface area contributed by atoms with Crippen LogP contribution < -0.4 is 10.6 Å². The molecule has 5 nitrogen and oxygen atoms in total. The number of carboxylic acids is 1. The molecule has 3 N–H and O–H groups in total. The molecular weight excluding hydrogens is 336 g/mol. The van der Waals surface area contributed by atoms with E-state index in [1.807, 2.05) is 0 Å². The molecule has 0 spiro atoms. The lowest BCUT2D eigenvalue weighted by Crippen LogP contribution is -2.38. The zero-order chi connectivity index (χ0) is 15.5. The Balaban J connectivity index is 2.19. The van der Waals surface area contributed by atoms with Crippen LogP contribution in [0.2, 0.25) is 0 Å². The van der Waals surface area contributed by atoms with Crippen LogP contribution >= 0.6 is 15.9 Å². The third kappa shape index (κ3) is 3.44. The van der Waals surface area contributed by atoms with Crippen LogP contribution in [-0.4, -0.2) is 30.1 Å². The van der Waals surface area contributed by atoms with Gasteiger partial charge >= 0.3 is 5.97 Å². The molecule has 1 aliphatic heterocycles. The smallest absolute Gasteiger partial charge is 0.336 e. The first-order valence-electron chi connectivity index (χ1n) is 7.03. The van der Waals surface area contributed by atoms with Crippen molar-refractivity contribution in [2.45, 2.75) is 26.2 Å². The Bertz CT molecular complexity index is 554. The van der Waals surface area contributed by atoms with Crippen LogP contribution in [0, 0.1) is 5.41 Å². The standard InChI is InChI=1S/C15H19BrN2O3/c1-2-5-15(6-7-17-9-15)14(21)18-10-3-4-12(16)11(8-10)13(19)20/h3-4,8,17H,2,5-7,9H2,1H3,(H,18,21)(H,19,20). The molecule has 6 heteroatoms. The third-order valence-electron chi connectivity index (χ3n) is 3.91. The number of hydrogen-bond acceptors (Lipinski definition) is 3. The Labute approximate surface area is 132 Å². The van der Waals surface area contributed by atoms with E-state index >= 15 is 0 Å². The normalized spacial score (nSPS) is 21.2. The summed E-state index contributed by atoms with van der Waals surface area (Å²) >= 11 is 3.20. The molecule has 1 heterocycles. The number of rotatable bonds is 5. The van der Waals surface area contributed by atoms with Gasteiger partial charge in [0.25, 0.3) is 0 Å². The minimum atomic E-state index is -1.02. The highest BCUT2D eigenvalue weighted by molar-refractivity contribution is 9.10. The van der Waals surface area contributed by atoms with E-state index in [4.69, 9.17) is 5.11 Å². The minimum absolute atomic E-state index is 0.0342. The first-order chi connectivity index (χ1) is 9.98. The lowest BCUT2D eigenvalue weighted by atomic mass is 9.81. The largest absolute Gasteiger partial charge is 0.478 e. The van der Waals surface area contributed by atoms with Crippen LogP contribution in [0.5, 0.6) is 0 Å². The van der Waals surface area contributed by atoms with Gasteiger partial charge in [0.15, 0.2) is 0 Å². The topological polar surface area (TPSA) is 78.4 Å². The third-order valence-corrected chi connectivity index (χ3v) is 4.60. The molecule has 1 amide bonds. The molecule has 1 aromatic carbocycles. The monoisotopic (exact) mass is 354 g/mol. The number of amides is 1. The van der Waals surface area contributed by atoms with E-state index in [0.717, 1.165) is 25.8 Å². The van der Waals surface area contributed by atoms with Crippen molar-refractivity contribution in [1.29, 1.82) is 0 Å². The number of anilines is 1. The van der Waals surface area contributed by atoms with Crippen molar-refractivity contribution in [2.75, 3.05) is 18.4 Å². The van der Waals surface area contributed by atoms with Crippen molar-refractivity contribution >= 4 is 33.5 Å². The van der Waals surface area contributed by atoms with Gasteiger partial charge in [0, 0.05) is 16.7 Å². The van der Waals surface area contributed by atoms with Crippen LogP contribution in [0.4, 0.5) is 5.69 Å². The van der Waals surface area contributed by atoms with E-state index in [9.17, 15) is 9.59 Å². The van der Waals surface area contributed by atoms with Crippen LogP contribution in [-0.2, 0) is 4.79 Å². The summed E-state index contributed by atoms with van der Waals surface area (Å²) in [5.74, 6) is -1.06. The molecule has 1 aliphatic rings. The summed E-state index contributed by atoms with van der Waals surface area (Å²) in [7, 11) is 0. The van der Waals surface area contributed by atoms with Gasteiger partial charge in [-0.2, -0.15) is 0 Å².